The zero-order chi connectivity index (χ0) is 19.4. The van der Waals surface area contributed by atoms with Crippen LogP contribution >= 0.6 is 11.3 Å². The van der Waals surface area contributed by atoms with Gasteiger partial charge in [-0.2, -0.15) is 5.26 Å². The van der Waals surface area contributed by atoms with E-state index in [4.69, 9.17) is 11.5 Å². The molecule has 8 heteroatoms. The van der Waals surface area contributed by atoms with Crippen molar-refractivity contribution in [1.82, 2.24) is 0 Å². The Morgan fingerprint density at radius 1 is 1.04 bits per heavy atom. The molecule has 1 heterocycles. The zero-order valence-electron chi connectivity index (χ0n) is 14.0. The number of anilines is 4. The number of nitriles is 1. The Labute approximate surface area is 159 Å². The molecular formula is C19H15N5O2S. The van der Waals surface area contributed by atoms with Crippen LogP contribution in [0.2, 0.25) is 0 Å². The number of carbonyl (C=O) groups excluding carboxylic acids is 2. The van der Waals surface area contributed by atoms with Crippen molar-refractivity contribution in [3.05, 3.63) is 70.6 Å². The van der Waals surface area contributed by atoms with E-state index in [0.717, 1.165) is 17.0 Å². The topological polar surface area (TPSA) is 134 Å². The van der Waals surface area contributed by atoms with Gasteiger partial charge in [0.05, 0.1) is 16.9 Å². The summed E-state index contributed by atoms with van der Waals surface area (Å²) in [5.41, 5.74) is 12.8. The van der Waals surface area contributed by atoms with Crippen molar-refractivity contribution < 1.29 is 9.59 Å². The van der Waals surface area contributed by atoms with E-state index in [-0.39, 0.29) is 27.4 Å². The van der Waals surface area contributed by atoms with Gasteiger partial charge in [0.1, 0.15) is 21.5 Å². The number of hydrogen-bond donors (Lipinski definition) is 4. The molecule has 2 amide bonds. The van der Waals surface area contributed by atoms with Gasteiger partial charge in [-0.15, -0.1) is 11.3 Å². The monoisotopic (exact) mass is 377 g/mol. The highest BCUT2D eigenvalue weighted by atomic mass is 32.1. The van der Waals surface area contributed by atoms with Crippen LogP contribution in [0.4, 0.5) is 22.1 Å². The summed E-state index contributed by atoms with van der Waals surface area (Å²) in [6.07, 6.45) is 0. The molecule has 27 heavy (non-hydrogen) atoms. The van der Waals surface area contributed by atoms with Gasteiger partial charge in [0.25, 0.3) is 11.8 Å². The molecule has 0 atom stereocenters. The van der Waals surface area contributed by atoms with Crippen molar-refractivity contribution in [3.63, 3.8) is 0 Å². The largest absolute Gasteiger partial charge is 0.396 e. The lowest BCUT2D eigenvalue weighted by Crippen LogP contribution is -2.18. The Hall–Kier alpha value is -3.83. The lowest BCUT2D eigenvalue weighted by atomic mass is 10.1. The molecule has 0 bridgehead atoms. The maximum atomic E-state index is 12.7. The number of carbonyl (C=O) groups is 2. The SMILES string of the molecule is N#Cc1c(Nc2ccccc2)sc(C(=O)Nc2ccccc2C(N)=O)c1N. The summed E-state index contributed by atoms with van der Waals surface area (Å²) in [5.74, 6) is -1.18. The molecule has 3 aromatic rings. The molecular weight excluding hydrogens is 362 g/mol. The van der Waals surface area contributed by atoms with Gasteiger partial charge in [-0.3, -0.25) is 9.59 Å². The van der Waals surface area contributed by atoms with Gasteiger partial charge in [-0.25, -0.2) is 0 Å². The molecule has 0 saturated heterocycles. The second-order valence-electron chi connectivity index (χ2n) is 5.52. The van der Waals surface area contributed by atoms with E-state index >= 15 is 0 Å². The lowest BCUT2D eigenvalue weighted by Gasteiger charge is -2.08. The van der Waals surface area contributed by atoms with E-state index < -0.39 is 11.8 Å². The maximum Gasteiger partial charge on any atom is 0.267 e. The Morgan fingerprint density at radius 2 is 1.70 bits per heavy atom. The van der Waals surface area contributed by atoms with E-state index in [1.165, 1.54) is 6.07 Å². The molecule has 2 aromatic carbocycles. The van der Waals surface area contributed by atoms with E-state index in [9.17, 15) is 14.9 Å². The highest BCUT2D eigenvalue weighted by Gasteiger charge is 2.22. The minimum absolute atomic E-state index is 0.0787. The standard InChI is InChI=1S/C19H15N5O2S/c20-10-13-15(21)16(27-19(13)23-11-6-2-1-3-7-11)18(26)24-14-9-5-4-8-12(14)17(22)25/h1-9,23H,21H2,(H2,22,25)(H,24,26). The van der Waals surface area contributed by atoms with Crippen molar-refractivity contribution in [2.75, 3.05) is 16.4 Å². The molecule has 0 saturated carbocycles. The summed E-state index contributed by atoms with van der Waals surface area (Å²) in [6.45, 7) is 0. The first-order valence-corrected chi connectivity index (χ1v) is 8.67. The predicted octanol–water partition coefficient (Wildman–Crippen LogP) is 3.30. The van der Waals surface area contributed by atoms with E-state index in [1.54, 1.807) is 18.2 Å². The quantitative estimate of drug-likeness (QED) is 0.541. The molecule has 1 aromatic heterocycles. The lowest BCUT2D eigenvalue weighted by molar-refractivity contribution is 0.100. The molecule has 0 aliphatic heterocycles. The van der Waals surface area contributed by atoms with Gasteiger partial charge >= 0.3 is 0 Å². The second kappa shape index (κ2) is 7.59. The number of benzene rings is 2. The summed E-state index contributed by atoms with van der Waals surface area (Å²) in [5, 5.41) is 15.6. The molecule has 134 valence electrons. The Morgan fingerprint density at radius 3 is 2.37 bits per heavy atom. The Bertz CT molecular complexity index is 1050. The molecule has 6 N–H and O–H groups in total. The van der Waals surface area contributed by atoms with Gasteiger partial charge in [0.2, 0.25) is 0 Å². The normalized spacial score (nSPS) is 10.0. The van der Waals surface area contributed by atoms with Crippen LogP contribution in [-0.2, 0) is 0 Å². The second-order valence-corrected chi connectivity index (χ2v) is 6.54. The summed E-state index contributed by atoms with van der Waals surface area (Å²) in [4.78, 5) is 24.4. The van der Waals surface area contributed by atoms with Crippen molar-refractivity contribution in [2.24, 2.45) is 5.73 Å². The average Bonchev–Trinajstić information content (AvgIpc) is 2.98. The van der Waals surface area contributed by atoms with Crippen molar-refractivity contribution in [2.45, 2.75) is 0 Å². The summed E-state index contributed by atoms with van der Waals surface area (Å²) in [6, 6.07) is 17.6. The van der Waals surface area contributed by atoms with Crippen LogP contribution in [0, 0.1) is 11.3 Å². The molecule has 0 aliphatic rings. The van der Waals surface area contributed by atoms with Crippen LogP contribution in [0.1, 0.15) is 25.6 Å². The van der Waals surface area contributed by atoms with Gasteiger partial charge < -0.3 is 22.1 Å². The number of thiophene rings is 1. The minimum atomic E-state index is -0.658. The first-order chi connectivity index (χ1) is 13.0. The van der Waals surface area contributed by atoms with Gasteiger partial charge in [-0.1, -0.05) is 30.3 Å². The van der Waals surface area contributed by atoms with Crippen LogP contribution in [0.5, 0.6) is 0 Å². The van der Waals surface area contributed by atoms with Gasteiger partial charge in [-0.05, 0) is 24.3 Å². The van der Waals surface area contributed by atoms with Crippen LogP contribution in [0.15, 0.2) is 54.6 Å². The molecule has 3 rings (SSSR count). The summed E-state index contributed by atoms with van der Waals surface area (Å²) >= 11 is 1.06. The zero-order valence-corrected chi connectivity index (χ0v) is 14.8. The van der Waals surface area contributed by atoms with E-state index in [1.807, 2.05) is 36.4 Å². The first kappa shape index (κ1) is 18.0. The fourth-order valence-electron chi connectivity index (χ4n) is 2.45. The maximum absolute atomic E-state index is 12.7. The Kier molecular flexibility index (Phi) is 5.06. The first-order valence-electron chi connectivity index (χ1n) is 7.86. The van der Waals surface area contributed by atoms with Crippen molar-refractivity contribution in [3.8, 4) is 6.07 Å². The molecule has 0 fully saturated rings. The third-order valence-electron chi connectivity index (χ3n) is 3.74. The van der Waals surface area contributed by atoms with Crippen LogP contribution < -0.4 is 22.1 Å². The van der Waals surface area contributed by atoms with Gasteiger partial charge in [0, 0.05) is 5.69 Å². The molecule has 0 radical (unpaired) electrons. The minimum Gasteiger partial charge on any atom is -0.396 e. The van der Waals surface area contributed by atoms with Crippen molar-refractivity contribution >= 4 is 45.2 Å². The number of nitrogens with one attached hydrogen (secondary N) is 2. The number of nitrogen functional groups attached to an aromatic ring is 1. The van der Waals surface area contributed by atoms with E-state index in [2.05, 4.69) is 10.6 Å². The van der Waals surface area contributed by atoms with E-state index in [0.29, 0.717) is 5.00 Å². The summed E-state index contributed by atoms with van der Waals surface area (Å²) < 4.78 is 0. The predicted molar refractivity (Wildman–Crippen MR) is 106 cm³/mol. The number of primary amides is 1. The van der Waals surface area contributed by atoms with Crippen LogP contribution in [-0.4, -0.2) is 11.8 Å². The number of para-hydroxylation sites is 2. The number of amides is 2. The van der Waals surface area contributed by atoms with Gasteiger partial charge in [0.15, 0.2) is 0 Å². The van der Waals surface area contributed by atoms with Crippen molar-refractivity contribution in [1.29, 1.82) is 5.26 Å². The Balaban J connectivity index is 1.92. The fraction of sp³-hybridized carbons (Fsp3) is 0. The van der Waals surface area contributed by atoms with Crippen LogP contribution in [0.25, 0.3) is 0 Å². The third kappa shape index (κ3) is 3.73. The highest BCUT2D eigenvalue weighted by molar-refractivity contribution is 7.19. The smallest absolute Gasteiger partial charge is 0.267 e. The fourth-order valence-corrected chi connectivity index (χ4v) is 3.44. The third-order valence-corrected chi connectivity index (χ3v) is 4.86. The molecule has 0 aliphatic carbocycles. The number of nitrogens with zero attached hydrogens (tertiary/aromatic N) is 1. The highest BCUT2D eigenvalue weighted by Crippen LogP contribution is 2.37. The number of hydrogen-bond acceptors (Lipinski definition) is 6. The molecule has 7 nitrogen and oxygen atoms in total. The molecule has 0 spiro atoms. The number of rotatable bonds is 5. The summed E-state index contributed by atoms with van der Waals surface area (Å²) in [7, 11) is 0. The van der Waals surface area contributed by atoms with Crippen LogP contribution in [0.3, 0.4) is 0 Å². The molecule has 0 unspecified atom stereocenters. The average molecular weight is 377 g/mol. The number of nitrogens with two attached hydrogens (primary N) is 2.